The van der Waals surface area contributed by atoms with Crippen molar-refractivity contribution in [2.24, 2.45) is 0 Å². The van der Waals surface area contributed by atoms with E-state index in [4.69, 9.17) is 0 Å². The van der Waals surface area contributed by atoms with Crippen molar-refractivity contribution >= 4 is 23.4 Å². The van der Waals surface area contributed by atoms with Crippen LogP contribution in [0.4, 0.5) is 5.69 Å². The van der Waals surface area contributed by atoms with Crippen LogP contribution in [0.25, 0.3) is 0 Å². The van der Waals surface area contributed by atoms with Crippen LogP contribution in [0.1, 0.15) is 36.6 Å². The number of carbonyl (C=O) groups is 1. The lowest BCUT2D eigenvalue weighted by Gasteiger charge is -2.19. The van der Waals surface area contributed by atoms with Gasteiger partial charge in [0.25, 0.3) is 0 Å². The van der Waals surface area contributed by atoms with Crippen LogP contribution in [0.15, 0.2) is 65.8 Å². The summed E-state index contributed by atoms with van der Waals surface area (Å²) in [6.45, 7) is 2.31. The topological polar surface area (TPSA) is 63.1 Å². The van der Waals surface area contributed by atoms with Gasteiger partial charge in [0.1, 0.15) is 5.82 Å². The molecule has 2 aromatic carbocycles. The van der Waals surface area contributed by atoms with Gasteiger partial charge in [0.15, 0.2) is 5.16 Å². The first-order chi connectivity index (χ1) is 15.2. The number of hydrogen-bond donors (Lipinski definition) is 1. The van der Waals surface area contributed by atoms with Crippen LogP contribution in [-0.2, 0) is 11.3 Å². The van der Waals surface area contributed by atoms with E-state index in [2.05, 4.69) is 56.3 Å². The Labute approximate surface area is 188 Å². The molecule has 7 heteroatoms. The average Bonchev–Trinajstić information content (AvgIpc) is 3.58. The van der Waals surface area contributed by atoms with Gasteiger partial charge in [-0.15, -0.1) is 10.2 Å². The SMILES string of the molecule is CN(CCCNC(=O)CSc1nnc(C2CC2)n1Cc1ccccc1)c1ccccc1. The fourth-order valence-electron chi connectivity index (χ4n) is 3.50. The fourth-order valence-corrected chi connectivity index (χ4v) is 4.28. The fraction of sp³-hybridized carbons (Fsp3) is 0.375. The van der Waals surface area contributed by atoms with Gasteiger partial charge in [-0.2, -0.15) is 0 Å². The lowest BCUT2D eigenvalue weighted by Crippen LogP contribution is -2.29. The molecule has 0 bridgehead atoms. The van der Waals surface area contributed by atoms with E-state index in [1.807, 2.05) is 36.4 Å². The van der Waals surface area contributed by atoms with Crippen molar-refractivity contribution in [3.05, 3.63) is 72.1 Å². The second-order valence-electron chi connectivity index (χ2n) is 7.94. The molecule has 0 unspecified atom stereocenters. The van der Waals surface area contributed by atoms with E-state index in [1.54, 1.807) is 0 Å². The molecule has 0 saturated heterocycles. The third-order valence-electron chi connectivity index (χ3n) is 5.39. The summed E-state index contributed by atoms with van der Waals surface area (Å²) in [7, 11) is 2.07. The van der Waals surface area contributed by atoms with Gasteiger partial charge in [0.2, 0.25) is 5.91 Å². The predicted molar refractivity (Wildman–Crippen MR) is 126 cm³/mol. The highest BCUT2D eigenvalue weighted by Crippen LogP contribution is 2.40. The molecule has 1 N–H and O–H groups in total. The Morgan fingerprint density at radius 1 is 1.10 bits per heavy atom. The zero-order valence-electron chi connectivity index (χ0n) is 17.9. The van der Waals surface area contributed by atoms with Gasteiger partial charge >= 0.3 is 0 Å². The Morgan fingerprint density at radius 3 is 2.52 bits per heavy atom. The predicted octanol–water partition coefficient (Wildman–Crippen LogP) is 3.94. The summed E-state index contributed by atoms with van der Waals surface area (Å²) >= 11 is 1.47. The van der Waals surface area contributed by atoms with Crippen LogP contribution < -0.4 is 10.2 Å². The maximum Gasteiger partial charge on any atom is 0.230 e. The van der Waals surface area contributed by atoms with Gasteiger partial charge < -0.3 is 14.8 Å². The van der Waals surface area contributed by atoms with E-state index in [1.165, 1.54) is 35.9 Å². The number of hydrogen-bond acceptors (Lipinski definition) is 5. The monoisotopic (exact) mass is 435 g/mol. The molecule has 1 aliphatic rings. The van der Waals surface area contributed by atoms with Crippen LogP contribution in [0.3, 0.4) is 0 Å². The van der Waals surface area contributed by atoms with Gasteiger partial charge in [0.05, 0.1) is 12.3 Å². The minimum absolute atomic E-state index is 0.0367. The summed E-state index contributed by atoms with van der Waals surface area (Å²) < 4.78 is 2.18. The second-order valence-corrected chi connectivity index (χ2v) is 8.88. The summed E-state index contributed by atoms with van der Waals surface area (Å²) in [6, 6.07) is 20.6. The first-order valence-electron chi connectivity index (χ1n) is 10.8. The number of anilines is 1. The number of rotatable bonds is 11. The highest BCUT2D eigenvalue weighted by atomic mass is 32.2. The first-order valence-corrected chi connectivity index (χ1v) is 11.8. The van der Waals surface area contributed by atoms with Crippen molar-refractivity contribution in [3.63, 3.8) is 0 Å². The molecular weight excluding hydrogens is 406 g/mol. The Balaban J connectivity index is 1.24. The summed E-state index contributed by atoms with van der Waals surface area (Å²) in [4.78, 5) is 14.6. The number of amides is 1. The summed E-state index contributed by atoms with van der Waals surface area (Å²) in [5.74, 6) is 1.96. The van der Waals surface area contributed by atoms with E-state index in [9.17, 15) is 4.79 Å². The largest absolute Gasteiger partial charge is 0.375 e. The van der Waals surface area contributed by atoms with Crippen LogP contribution in [-0.4, -0.2) is 46.6 Å². The summed E-state index contributed by atoms with van der Waals surface area (Å²) in [5.41, 5.74) is 2.41. The van der Waals surface area contributed by atoms with E-state index in [-0.39, 0.29) is 5.91 Å². The molecule has 1 amide bonds. The highest BCUT2D eigenvalue weighted by molar-refractivity contribution is 7.99. The molecule has 1 fully saturated rings. The molecule has 1 heterocycles. The maximum atomic E-state index is 12.4. The molecule has 4 rings (SSSR count). The smallest absolute Gasteiger partial charge is 0.230 e. The Hall–Kier alpha value is -2.80. The number of aromatic nitrogens is 3. The molecule has 162 valence electrons. The van der Waals surface area contributed by atoms with Crippen LogP contribution in [0.5, 0.6) is 0 Å². The van der Waals surface area contributed by atoms with Crippen molar-refractivity contribution < 1.29 is 4.79 Å². The highest BCUT2D eigenvalue weighted by Gasteiger charge is 2.30. The molecule has 0 aliphatic heterocycles. The number of thioether (sulfide) groups is 1. The van der Waals surface area contributed by atoms with Gasteiger partial charge in [-0.1, -0.05) is 60.3 Å². The molecule has 6 nitrogen and oxygen atoms in total. The van der Waals surface area contributed by atoms with Crippen molar-refractivity contribution in [1.29, 1.82) is 0 Å². The number of carbonyl (C=O) groups excluding carboxylic acids is 1. The first kappa shape index (κ1) is 21.4. The van der Waals surface area contributed by atoms with Crippen LogP contribution >= 0.6 is 11.8 Å². The van der Waals surface area contributed by atoms with Crippen molar-refractivity contribution in [3.8, 4) is 0 Å². The van der Waals surface area contributed by atoms with Gasteiger partial charge in [-0.05, 0) is 37.0 Å². The van der Waals surface area contributed by atoms with Crippen molar-refractivity contribution in [1.82, 2.24) is 20.1 Å². The molecular formula is C24H29N5OS. The second kappa shape index (κ2) is 10.5. The Morgan fingerprint density at radius 2 is 1.81 bits per heavy atom. The summed E-state index contributed by atoms with van der Waals surface area (Å²) in [6.07, 6.45) is 3.25. The Kier molecular flexibility index (Phi) is 7.25. The maximum absolute atomic E-state index is 12.4. The molecule has 1 aliphatic carbocycles. The zero-order chi connectivity index (χ0) is 21.5. The number of para-hydroxylation sites is 1. The molecule has 1 saturated carbocycles. The third kappa shape index (κ3) is 6.10. The lowest BCUT2D eigenvalue weighted by atomic mass is 10.2. The van der Waals surface area contributed by atoms with Gasteiger partial charge in [0, 0.05) is 31.7 Å². The van der Waals surface area contributed by atoms with Gasteiger partial charge in [-0.3, -0.25) is 4.79 Å². The number of benzene rings is 2. The molecule has 0 spiro atoms. The van der Waals surface area contributed by atoms with E-state index >= 15 is 0 Å². The lowest BCUT2D eigenvalue weighted by molar-refractivity contribution is -0.118. The molecule has 31 heavy (non-hydrogen) atoms. The van der Waals surface area contributed by atoms with Crippen molar-refractivity contribution in [2.45, 2.75) is 36.9 Å². The molecule has 1 aromatic heterocycles. The molecule has 0 radical (unpaired) electrons. The number of nitrogens with zero attached hydrogens (tertiary/aromatic N) is 4. The quantitative estimate of drug-likeness (QED) is 0.365. The Bertz CT molecular complexity index is 972. The van der Waals surface area contributed by atoms with Gasteiger partial charge in [-0.25, -0.2) is 0 Å². The number of nitrogens with one attached hydrogen (secondary N) is 1. The zero-order valence-corrected chi connectivity index (χ0v) is 18.7. The van der Waals surface area contributed by atoms with E-state index in [0.29, 0.717) is 18.2 Å². The average molecular weight is 436 g/mol. The molecule has 0 atom stereocenters. The third-order valence-corrected chi connectivity index (χ3v) is 6.36. The normalized spacial score (nSPS) is 13.2. The van der Waals surface area contributed by atoms with Crippen molar-refractivity contribution in [2.75, 3.05) is 30.8 Å². The van der Waals surface area contributed by atoms with Crippen LogP contribution in [0.2, 0.25) is 0 Å². The molecule has 3 aromatic rings. The van der Waals surface area contributed by atoms with E-state index in [0.717, 1.165) is 30.5 Å². The van der Waals surface area contributed by atoms with E-state index < -0.39 is 0 Å². The summed E-state index contributed by atoms with van der Waals surface area (Å²) in [5, 5.41) is 12.7. The standard InChI is InChI=1S/C24H29N5OS/c1-28(21-11-6-3-7-12-21)16-8-15-25-22(30)18-31-24-27-26-23(20-13-14-20)29(24)17-19-9-4-2-5-10-19/h2-7,9-12,20H,8,13-18H2,1H3,(H,25,30). The minimum atomic E-state index is 0.0367. The van der Waals surface area contributed by atoms with Crippen LogP contribution in [0, 0.1) is 0 Å². The minimum Gasteiger partial charge on any atom is -0.375 e.